The van der Waals surface area contributed by atoms with Gasteiger partial charge in [0.2, 0.25) is 0 Å². The molecule has 4 heteroatoms. The van der Waals surface area contributed by atoms with Crippen molar-refractivity contribution < 1.29 is 13.9 Å². The Morgan fingerprint density at radius 2 is 2.04 bits per heavy atom. The smallest absolute Gasteiger partial charge is 0.123 e. The van der Waals surface area contributed by atoms with Crippen LogP contribution in [0.5, 0.6) is 0 Å². The van der Waals surface area contributed by atoms with Crippen LogP contribution in [0.3, 0.4) is 0 Å². The second kappa shape index (κ2) is 7.19. The molecule has 2 saturated heterocycles. The molecule has 4 nitrogen and oxygen atoms in total. The van der Waals surface area contributed by atoms with Crippen LogP contribution in [0.25, 0.3) is 0 Å². The van der Waals surface area contributed by atoms with Crippen molar-refractivity contribution in [3.63, 3.8) is 0 Å². The highest BCUT2D eigenvalue weighted by molar-refractivity contribution is 5.12. The van der Waals surface area contributed by atoms with E-state index in [9.17, 15) is 0 Å². The SMILES string of the molecule is CCc1ccc([C@@H]2COCCN2C[C@H]2CCC3(CCCCC3)O2)o1. The maximum atomic E-state index is 6.59. The van der Waals surface area contributed by atoms with Crippen molar-refractivity contribution in [2.75, 3.05) is 26.3 Å². The van der Waals surface area contributed by atoms with E-state index in [2.05, 4.69) is 24.0 Å². The summed E-state index contributed by atoms with van der Waals surface area (Å²) in [6.45, 7) is 5.66. The Bertz CT molecular complexity index is 535. The first kappa shape index (κ1) is 16.6. The number of rotatable bonds is 4. The van der Waals surface area contributed by atoms with Crippen LogP contribution < -0.4 is 0 Å². The molecule has 3 fully saturated rings. The molecule has 0 unspecified atom stereocenters. The molecule has 24 heavy (non-hydrogen) atoms. The summed E-state index contributed by atoms with van der Waals surface area (Å²) in [4.78, 5) is 2.52. The van der Waals surface area contributed by atoms with Crippen LogP contribution in [0, 0.1) is 0 Å². The van der Waals surface area contributed by atoms with E-state index in [4.69, 9.17) is 13.9 Å². The van der Waals surface area contributed by atoms with Crippen LogP contribution in [0.2, 0.25) is 0 Å². The Hall–Kier alpha value is -0.840. The van der Waals surface area contributed by atoms with Gasteiger partial charge < -0.3 is 13.9 Å². The van der Waals surface area contributed by atoms with Gasteiger partial charge >= 0.3 is 0 Å². The van der Waals surface area contributed by atoms with Crippen LogP contribution in [-0.4, -0.2) is 42.9 Å². The summed E-state index contributed by atoms with van der Waals surface area (Å²) in [6, 6.07) is 4.47. The molecule has 0 radical (unpaired) electrons. The van der Waals surface area contributed by atoms with Gasteiger partial charge in [-0.3, -0.25) is 4.90 Å². The Balaban J connectivity index is 1.40. The highest BCUT2D eigenvalue weighted by atomic mass is 16.5. The Kier molecular flexibility index (Phi) is 4.98. The molecular weight excluding hydrogens is 302 g/mol. The number of nitrogens with zero attached hydrogens (tertiary/aromatic N) is 1. The standard InChI is InChI=1S/C20H31NO3/c1-2-16-6-7-19(23-16)18-15-22-13-12-21(18)14-17-8-11-20(24-17)9-4-3-5-10-20/h6-7,17-18H,2-5,8-15H2,1H3/t17-,18+/m1/s1. The van der Waals surface area contributed by atoms with Crippen LogP contribution in [-0.2, 0) is 15.9 Å². The zero-order valence-corrected chi connectivity index (χ0v) is 15.0. The summed E-state index contributed by atoms with van der Waals surface area (Å²) in [5.41, 5.74) is 0.213. The van der Waals surface area contributed by atoms with Gasteiger partial charge in [-0.05, 0) is 37.8 Å². The minimum absolute atomic E-state index is 0.213. The topological polar surface area (TPSA) is 34.8 Å². The van der Waals surface area contributed by atoms with E-state index in [-0.39, 0.29) is 11.6 Å². The summed E-state index contributed by atoms with van der Waals surface area (Å²) in [7, 11) is 0. The molecule has 0 N–H and O–H groups in total. The van der Waals surface area contributed by atoms with Gasteiger partial charge in [0, 0.05) is 19.5 Å². The number of ether oxygens (including phenoxy) is 2. The number of hydrogen-bond acceptors (Lipinski definition) is 4. The maximum Gasteiger partial charge on any atom is 0.123 e. The Morgan fingerprint density at radius 3 is 2.83 bits per heavy atom. The zero-order chi connectivity index (χ0) is 16.4. The minimum Gasteiger partial charge on any atom is -0.464 e. The molecule has 1 aliphatic carbocycles. The van der Waals surface area contributed by atoms with Crippen molar-refractivity contribution >= 4 is 0 Å². The van der Waals surface area contributed by atoms with E-state index in [0.717, 1.165) is 44.2 Å². The van der Waals surface area contributed by atoms with Gasteiger partial charge in [0.05, 0.1) is 31.0 Å². The number of furan rings is 1. The van der Waals surface area contributed by atoms with Gasteiger partial charge in [0.1, 0.15) is 11.5 Å². The molecule has 134 valence electrons. The zero-order valence-electron chi connectivity index (χ0n) is 15.0. The first-order chi connectivity index (χ1) is 11.8. The van der Waals surface area contributed by atoms with Crippen molar-refractivity contribution in [2.45, 2.75) is 76.0 Å². The highest BCUT2D eigenvalue weighted by Gasteiger charge is 2.42. The molecule has 3 aliphatic rings. The van der Waals surface area contributed by atoms with Crippen molar-refractivity contribution in [2.24, 2.45) is 0 Å². The van der Waals surface area contributed by atoms with Crippen molar-refractivity contribution in [3.8, 4) is 0 Å². The van der Waals surface area contributed by atoms with Crippen molar-refractivity contribution in [1.82, 2.24) is 4.90 Å². The van der Waals surface area contributed by atoms with Crippen molar-refractivity contribution in [1.29, 1.82) is 0 Å². The fraction of sp³-hybridized carbons (Fsp3) is 0.800. The fourth-order valence-corrected chi connectivity index (χ4v) is 4.73. The van der Waals surface area contributed by atoms with Gasteiger partial charge in [-0.1, -0.05) is 26.2 Å². The lowest BCUT2D eigenvalue weighted by Crippen LogP contribution is -2.44. The average Bonchev–Trinajstić information content (AvgIpc) is 3.24. The van der Waals surface area contributed by atoms with Crippen LogP contribution in [0.4, 0.5) is 0 Å². The van der Waals surface area contributed by atoms with E-state index in [1.165, 1.54) is 44.9 Å². The lowest BCUT2D eigenvalue weighted by atomic mass is 9.83. The summed E-state index contributed by atoms with van der Waals surface area (Å²) >= 11 is 0. The van der Waals surface area contributed by atoms with Crippen LogP contribution in [0.1, 0.15) is 69.4 Å². The Morgan fingerprint density at radius 1 is 1.17 bits per heavy atom. The largest absolute Gasteiger partial charge is 0.464 e. The lowest BCUT2D eigenvalue weighted by Gasteiger charge is -2.37. The molecule has 1 aromatic heterocycles. The monoisotopic (exact) mass is 333 g/mol. The van der Waals surface area contributed by atoms with Crippen molar-refractivity contribution in [3.05, 3.63) is 23.7 Å². The summed E-state index contributed by atoms with van der Waals surface area (Å²) in [5, 5.41) is 0. The van der Waals surface area contributed by atoms with E-state index in [1.807, 2.05) is 0 Å². The molecule has 1 saturated carbocycles. The fourth-order valence-electron chi connectivity index (χ4n) is 4.73. The summed E-state index contributed by atoms with van der Waals surface area (Å²) in [5.74, 6) is 2.12. The molecular formula is C20H31NO3. The quantitative estimate of drug-likeness (QED) is 0.831. The average molecular weight is 333 g/mol. The van der Waals surface area contributed by atoms with E-state index in [1.54, 1.807) is 0 Å². The van der Waals surface area contributed by atoms with E-state index >= 15 is 0 Å². The van der Waals surface area contributed by atoms with Crippen LogP contribution in [0.15, 0.2) is 16.5 Å². The molecule has 0 amide bonds. The number of aryl methyl sites for hydroxylation is 1. The predicted molar refractivity (Wildman–Crippen MR) is 93.1 cm³/mol. The molecule has 0 bridgehead atoms. The first-order valence-electron chi connectivity index (χ1n) is 9.86. The molecule has 2 aliphatic heterocycles. The van der Waals surface area contributed by atoms with Gasteiger partial charge in [-0.2, -0.15) is 0 Å². The van der Waals surface area contributed by atoms with Gasteiger partial charge in [-0.25, -0.2) is 0 Å². The predicted octanol–water partition coefficient (Wildman–Crippen LogP) is 4.10. The number of hydrogen-bond donors (Lipinski definition) is 0. The third kappa shape index (κ3) is 3.42. The second-order valence-electron chi connectivity index (χ2n) is 7.77. The van der Waals surface area contributed by atoms with Gasteiger partial charge in [0.15, 0.2) is 0 Å². The minimum atomic E-state index is 0.213. The molecule has 0 aromatic carbocycles. The molecule has 4 rings (SSSR count). The second-order valence-corrected chi connectivity index (χ2v) is 7.77. The van der Waals surface area contributed by atoms with E-state index in [0.29, 0.717) is 6.10 Å². The third-order valence-electron chi connectivity index (χ3n) is 6.14. The third-order valence-corrected chi connectivity index (χ3v) is 6.14. The van der Waals surface area contributed by atoms with E-state index < -0.39 is 0 Å². The Labute approximate surface area is 145 Å². The molecule has 1 spiro atoms. The van der Waals surface area contributed by atoms with Crippen LogP contribution >= 0.6 is 0 Å². The molecule has 3 heterocycles. The molecule has 2 atom stereocenters. The molecule has 1 aromatic rings. The number of morpholine rings is 1. The maximum absolute atomic E-state index is 6.59. The van der Waals surface area contributed by atoms with Gasteiger partial charge in [-0.15, -0.1) is 0 Å². The van der Waals surface area contributed by atoms with Gasteiger partial charge in [0.25, 0.3) is 0 Å². The normalized spacial score (nSPS) is 30.9. The summed E-state index contributed by atoms with van der Waals surface area (Å²) in [6.07, 6.45) is 10.4. The summed E-state index contributed by atoms with van der Waals surface area (Å²) < 4.78 is 18.3. The lowest BCUT2D eigenvalue weighted by molar-refractivity contribution is -0.0900. The first-order valence-corrected chi connectivity index (χ1v) is 9.86. The highest BCUT2D eigenvalue weighted by Crippen LogP contribution is 2.42.